The number of fused-ring (bicyclic) bond motifs is 1. The second-order valence-corrected chi connectivity index (χ2v) is 9.65. The molecule has 1 unspecified atom stereocenters. The van der Waals surface area contributed by atoms with Crippen molar-refractivity contribution in [2.24, 2.45) is 5.14 Å². The molecule has 8 heteroatoms. The SMILES string of the molecule is Cc1ccc(-n2nc(C(=O)N(C)C(C)c3cccc(S(N)(=O)=O)c3)c3c2CCC3)cc1. The molecule has 1 aliphatic rings. The predicted molar refractivity (Wildman–Crippen MR) is 119 cm³/mol. The Bertz CT molecular complexity index is 1250. The van der Waals surface area contributed by atoms with E-state index in [-0.39, 0.29) is 16.8 Å². The van der Waals surface area contributed by atoms with Crippen LogP contribution in [0.15, 0.2) is 53.4 Å². The molecule has 0 fully saturated rings. The summed E-state index contributed by atoms with van der Waals surface area (Å²) >= 11 is 0. The number of sulfonamides is 1. The quantitative estimate of drug-likeness (QED) is 0.662. The fourth-order valence-electron chi connectivity index (χ4n) is 4.03. The largest absolute Gasteiger partial charge is 0.334 e. The number of hydrogen-bond acceptors (Lipinski definition) is 4. The second kappa shape index (κ2) is 7.94. The maximum Gasteiger partial charge on any atom is 0.274 e. The van der Waals surface area contributed by atoms with Gasteiger partial charge in [0.1, 0.15) is 0 Å². The van der Waals surface area contributed by atoms with Crippen LogP contribution >= 0.6 is 0 Å². The summed E-state index contributed by atoms with van der Waals surface area (Å²) in [6, 6.07) is 14.1. The van der Waals surface area contributed by atoms with E-state index in [1.54, 1.807) is 24.1 Å². The molecule has 1 amide bonds. The highest BCUT2D eigenvalue weighted by molar-refractivity contribution is 7.89. The summed E-state index contributed by atoms with van der Waals surface area (Å²) < 4.78 is 25.3. The van der Waals surface area contributed by atoms with Gasteiger partial charge in [-0.05, 0) is 62.9 Å². The number of aromatic nitrogens is 2. The van der Waals surface area contributed by atoms with Crippen LogP contribution in [0.5, 0.6) is 0 Å². The number of carbonyl (C=O) groups excluding carboxylic acids is 1. The number of carbonyl (C=O) groups is 1. The Balaban J connectivity index is 1.67. The third kappa shape index (κ3) is 4.00. The van der Waals surface area contributed by atoms with Crippen LogP contribution in [-0.2, 0) is 22.9 Å². The first-order valence-corrected chi connectivity index (χ1v) is 11.8. The van der Waals surface area contributed by atoms with Gasteiger partial charge in [-0.1, -0.05) is 29.8 Å². The number of hydrogen-bond donors (Lipinski definition) is 1. The highest BCUT2D eigenvalue weighted by atomic mass is 32.2. The van der Waals surface area contributed by atoms with Gasteiger partial charge in [0.25, 0.3) is 5.91 Å². The standard InChI is InChI=1S/C23H26N4O3S/c1-15-10-12-18(13-11-15)27-21-9-5-8-20(21)22(25-27)23(28)26(3)16(2)17-6-4-7-19(14-17)31(24,29)30/h4,6-7,10-14,16H,5,8-9H2,1-3H3,(H2,24,29,30). The molecule has 1 heterocycles. The van der Waals surface area contributed by atoms with Gasteiger partial charge in [-0.3, -0.25) is 4.79 Å². The molecule has 0 bridgehead atoms. The molecule has 1 aliphatic carbocycles. The molecular formula is C23H26N4O3S. The molecular weight excluding hydrogens is 412 g/mol. The summed E-state index contributed by atoms with van der Waals surface area (Å²) in [7, 11) is -2.10. The van der Waals surface area contributed by atoms with E-state index in [4.69, 9.17) is 10.2 Å². The lowest BCUT2D eigenvalue weighted by molar-refractivity contribution is 0.0735. The van der Waals surface area contributed by atoms with Crippen LogP contribution in [0.25, 0.3) is 5.69 Å². The average Bonchev–Trinajstić information content (AvgIpc) is 3.35. The van der Waals surface area contributed by atoms with Crippen molar-refractivity contribution < 1.29 is 13.2 Å². The average molecular weight is 439 g/mol. The number of rotatable bonds is 5. The minimum Gasteiger partial charge on any atom is -0.334 e. The number of aryl methyl sites for hydroxylation is 1. The minimum absolute atomic E-state index is 0.0299. The first-order chi connectivity index (χ1) is 14.7. The number of benzene rings is 2. The zero-order valence-electron chi connectivity index (χ0n) is 17.9. The third-order valence-electron chi connectivity index (χ3n) is 5.98. The van der Waals surface area contributed by atoms with Crippen molar-refractivity contribution in [2.45, 2.75) is 44.0 Å². The maximum absolute atomic E-state index is 13.4. The molecule has 3 aromatic rings. The number of nitrogens with zero attached hydrogens (tertiary/aromatic N) is 3. The van der Waals surface area contributed by atoms with Crippen LogP contribution in [0.2, 0.25) is 0 Å². The molecule has 0 saturated carbocycles. The molecule has 31 heavy (non-hydrogen) atoms. The van der Waals surface area contributed by atoms with E-state index in [9.17, 15) is 13.2 Å². The first-order valence-electron chi connectivity index (χ1n) is 10.2. The van der Waals surface area contributed by atoms with Crippen LogP contribution in [0.3, 0.4) is 0 Å². The van der Waals surface area contributed by atoms with E-state index >= 15 is 0 Å². The molecule has 7 nitrogen and oxygen atoms in total. The fourth-order valence-corrected chi connectivity index (χ4v) is 4.60. The van der Waals surface area contributed by atoms with Crippen LogP contribution in [0, 0.1) is 6.92 Å². The summed E-state index contributed by atoms with van der Waals surface area (Å²) in [6.45, 7) is 3.89. The van der Waals surface area contributed by atoms with Crippen molar-refractivity contribution >= 4 is 15.9 Å². The van der Waals surface area contributed by atoms with Gasteiger partial charge in [0.05, 0.1) is 16.6 Å². The van der Waals surface area contributed by atoms with Crippen molar-refractivity contribution in [3.8, 4) is 5.69 Å². The Hall–Kier alpha value is -2.97. The Morgan fingerprint density at radius 3 is 2.55 bits per heavy atom. The summed E-state index contributed by atoms with van der Waals surface area (Å²) in [5, 5.41) is 9.96. The molecule has 4 rings (SSSR count). The third-order valence-corrected chi connectivity index (χ3v) is 6.89. The van der Waals surface area contributed by atoms with Gasteiger partial charge in [0, 0.05) is 18.3 Å². The second-order valence-electron chi connectivity index (χ2n) is 8.08. The normalized spacial score (nSPS) is 14.3. The van der Waals surface area contributed by atoms with Crippen molar-refractivity contribution in [3.05, 3.63) is 76.6 Å². The van der Waals surface area contributed by atoms with Gasteiger partial charge in [-0.2, -0.15) is 5.10 Å². The lowest BCUT2D eigenvalue weighted by Gasteiger charge is -2.25. The van der Waals surface area contributed by atoms with E-state index in [1.165, 1.54) is 17.7 Å². The molecule has 1 aromatic heterocycles. The lowest BCUT2D eigenvalue weighted by atomic mass is 10.1. The highest BCUT2D eigenvalue weighted by Gasteiger charge is 2.30. The number of amides is 1. The monoisotopic (exact) mass is 438 g/mol. The summed E-state index contributed by atoms with van der Waals surface area (Å²) in [5.74, 6) is -0.183. The van der Waals surface area contributed by atoms with E-state index in [0.29, 0.717) is 11.3 Å². The Morgan fingerprint density at radius 1 is 1.16 bits per heavy atom. The molecule has 2 aromatic carbocycles. The van der Waals surface area contributed by atoms with Crippen LogP contribution in [0.1, 0.15) is 52.3 Å². The van der Waals surface area contributed by atoms with E-state index in [0.717, 1.165) is 36.2 Å². The lowest BCUT2D eigenvalue weighted by Crippen LogP contribution is -2.31. The summed E-state index contributed by atoms with van der Waals surface area (Å²) in [4.78, 5) is 15.0. The summed E-state index contributed by atoms with van der Waals surface area (Å²) in [6.07, 6.45) is 2.71. The van der Waals surface area contributed by atoms with Gasteiger partial charge < -0.3 is 4.90 Å². The zero-order valence-corrected chi connectivity index (χ0v) is 18.7. The molecule has 1 atom stereocenters. The highest BCUT2D eigenvalue weighted by Crippen LogP contribution is 2.30. The molecule has 2 N–H and O–H groups in total. The molecule has 0 aliphatic heterocycles. The maximum atomic E-state index is 13.4. The first kappa shape index (κ1) is 21.3. The fraction of sp³-hybridized carbons (Fsp3) is 0.304. The molecule has 0 radical (unpaired) electrons. The van der Waals surface area contributed by atoms with Gasteiger partial charge >= 0.3 is 0 Å². The van der Waals surface area contributed by atoms with E-state index in [1.807, 2.05) is 42.8 Å². The van der Waals surface area contributed by atoms with Crippen molar-refractivity contribution in [1.82, 2.24) is 14.7 Å². The van der Waals surface area contributed by atoms with E-state index in [2.05, 4.69) is 0 Å². The number of primary sulfonamides is 1. The van der Waals surface area contributed by atoms with Gasteiger partial charge in [0.15, 0.2) is 5.69 Å². The van der Waals surface area contributed by atoms with Gasteiger partial charge in [0.2, 0.25) is 10.0 Å². The van der Waals surface area contributed by atoms with Crippen molar-refractivity contribution in [1.29, 1.82) is 0 Å². The van der Waals surface area contributed by atoms with Crippen molar-refractivity contribution in [3.63, 3.8) is 0 Å². The minimum atomic E-state index is -3.81. The van der Waals surface area contributed by atoms with Crippen LogP contribution in [0.4, 0.5) is 0 Å². The molecule has 162 valence electrons. The number of nitrogens with two attached hydrogens (primary N) is 1. The Morgan fingerprint density at radius 2 is 1.87 bits per heavy atom. The predicted octanol–water partition coefficient (Wildman–Crippen LogP) is 3.15. The van der Waals surface area contributed by atoms with Gasteiger partial charge in [-0.25, -0.2) is 18.2 Å². The van der Waals surface area contributed by atoms with Crippen LogP contribution in [-0.4, -0.2) is 36.1 Å². The van der Waals surface area contributed by atoms with Crippen molar-refractivity contribution in [2.75, 3.05) is 7.05 Å². The Labute approximate surface area is 182 Å². The summed E-state index contributed by atoms with van der Waals surface area (Å²) in [5.41, 5.74) is 5.35. The van der Waals surface area contributed by atoms with Gasteiger partial charge in [-0.15, -0.1) is 0 Å². The topological polar surface area (TPSA) is 98.3 Å². The molecule has 0 saturated heterocycles. The zero-order chi connectivity index (χ0) is 22.3. The Kier molecular flexibility index (Phi) is 5.45. The molecule has 0 spiro atoms. The smallest absolute Gasteiger partial charge is 0.274 e. The van der Waals surface area contributed by atoms with Crippen LogP contribution < -0.4 is 5.14 Å². The van der Waals surface area contributed by atoms with E-state index < -0.39 is 10.0 Å².